The number of rotatable bonds is 7. The lowest BCUT2D eigenvalue weighted by molar-refractivity contribution is 0.322. The van der Waals surface area contributed by atoms with Gasteiger partial charge in [0.1, 0.15) is 0 Å². The summed E-state index contributed by atoms with van der Waals surface area (Å²) in [5.74, 6) is 0. The van der Waals surface area contributed by atoms with Crippen LogP contribution in [0.2, 0.25) is 0 Å². The fourth-order valence-electron chi connectivity index (χ4n) is 1.29. The Labute approximate surface area is 88.8 Å². The molecule has 0 radical (unpaired) electrons. The molecule has 0 unspecified atom stereocenters. The van der Waals surface area contributed by atoms with Crippen molar-refractivity contribution >= 4 is 0 Å². The van der Waals surface area contributed by atoms with Crippen LogP contribution in [0, 0.1) is 0 Å². The van der Waals surface area contributed by atoms with Gasteiger partial charge < -0.3 is 16.4 Å². The highest BCUT2D eigenvalue weighted by Crippen LogP contribution is 2.10. The predicted octanol–water partition coefficient (Wildman–Crippen LogP) is 1.09. The van der Waals surface area contributed by atoms with Gasteiger partial charge in [0.2, 0.25) is 0 Å². The number of hydrogen-bond acceptors (Lipinski definition) is 3. The molecule has 0 saturated carbocycles. The summed E-state index contributed by atoms with van der Waals surface area (Å²) in [4.78, 5) is 0. The van der Waals surface area contributed by atoms with Crippen molar-refractivity contribution in [1.82, 2.24) is 10.6 Å². The second-order valence-corrected chi connectivity index (χ2v) is 5.23. The Morgan fingerprint density at radius 1 is 1.00 bits per heavy atom. The van der Waals surface area contributed by atoms with E-state index < -0.39 is 0 Å². The van der Waals surface area contributed by atoms with Crippen molar-refractivity contribution in [1.29, 1.82) is 0 Å². The summed E-state index contributed by atoms with van der Waals surface area (Å²) in [6.45, 7) is 10.6. The van der Waals surface area contributed by atoms with Gasteiger partial charge in [0.25, 0.3) is 0 Å². The smallest absolute Gasteiger partial charge is 0.0137 e. The fourth-order valence-corrected chi connectivity index (χ4v) is 1.29. The van der Waals surface area contributed by atoms with E-state index in [-0.39, 0.29) is 11.1 Å². The quantitative estimate of drug-likeness (QED) is 0.578. The maximum absolute atomic E-state index is 5.55. The highest BCUT2D eigenvalue weighted by Gasteiger charge is 2.18. The van der Waals surface area contributed by atoms with Gasteiger partial charge in [-0.15, -0.1) is 0 Å². The van der Waals surface area contributed by atoms with Crippen LogP contribution in [0.3, 0.4) is 0 Å². The van der Waals surface area contributed by atoms with Gasteiger partial charge in [-0.3, -0.25) is 0 Å². The van der Waals surface area contributed by atoms with Crippen LogP contribution in [-0.4, -0.2) is 31.2 Å². The minimum absolute atomic E-state index is 0.165. The van der Waals surface area contributed by atoms with E-state index >= 15 is 0 Å². The minimum atomic E-state index is 0.165. The molecule has 0 saturated heterocycles. The molecule has 0 aromatic rings. The molecule has 0 atom stereocenters. The van der Waals surface area contributed by atoms with Crippen LogP contribution in [0.5, 0.6) is 0 Å². The van der Waals surface area contributed by atoms with Gasteiger partial charge in [0.05, 0.1) is 0 Å². The van der Waals surface area contributed by atoms with Gasteiger partial charge in [-0.2, -0.15) is 0 Å². The van der Waals surface area contributed by atoms with Crippen molar-refractivity contribution < 1.29 is 0 Å². The molecule has 0 aliphatic carbocycles. The molecule has 0 heterocycles. The Hall–Kier alpha value is -0.120. The molecular formula is C11H27N3. The van der Waals surface area contributed by atoms with Crippen molar-refractivity contribution in [3.8, 4) is 0 Å². The second-order valence-electron chi connectivity index (χ2n) is 5.23. The van der Waals surface area contributed by atoms with Gasteiger partial charge in [-0.1, -0.05) is 0 Å². The maximum Gasteiger partial charge on any atom is 0.0137 e. The highest BCUT2D eigenvalue weighted by molar-refractivity contribution is 4.81. The number of nitrogens with one attached hydrogen (secondary N) is 2. The zero-order valence-electron chi connectivity index (χ0n) is 10.4. The first-order valence-electron chi connectivity index (χ1n) is 5.47. The zero-order valence-corrected chi connectivity index (χ0v) is 10.4. The molecule has 3 nitrogen and oxygen atoms in total. The van der Waals surface area contributed by atoms with Crippen molar-refractivity contribution in [2.45, 2.75) is 51.6 Å². The Morgan fingerprint density at radius 2 is 1.57 bits per heavy atom. The van der Waals surface area contributed by atoms with E-state index in [2.05, 4.69) is 38.3 Å². The van der Waals surface area contributed by atoms with Gasteiger partial charge in [0.15, 0.2) is 0 Å². The van der Waals surface area contributed by atoms with Crippen molar-refractivity contribution in [2.24, 2.45) is 5.73 Å². The lowest BCUT2D eigenvalue weighted by atomic mass is 9.97. The maximum atomic E-state index is 5.55. The Morgan fingerprint density at radius 3 is 2.00 bits per heavy atom. The molecule has 4 N–H and O–H groups in total. The van der Waals surface area contributed by atoms with Crippen molar-refractivity contribution in [3.63, 3.8) is 0 Å². The van der Waals surface area contributed by atoms with Crippen LogP contribution in [-0.2, 0) is 0 Å². The van der Waals surface area contributed by atoms with E-state index in [0.29, 0.717) is 0 Å². The Balaban J connectivity index is 3.73. The van der Waals surface area contributed by atoms with E-state index in [0.717, 1.165) is 25.9 Å². The van der Waals surface area contributed by atoms with Crippen LogP contribution >= 0.6 is 0 Å². The van der Waals surface area contributed by atoms with Crippen LogP contribution in [0.25, 0.3) is 0 Å². The first-order chi connectivity index (χ1) is 6.33. The van der Waals surface area contributed by atoms with Gasteiger partial charge in [0, 0.05) is 11.1 Å². The van der Waals surface area contributed by atoms with Crippen molar-refractivity contribution in [2.75, 3.05) is 20.1 Å². The van der Waals surface area contributed by atoms with E-state index in [1.54, 1.807) is 0 Å². The summed E-state index contributed by atoms with van der Waals surface area (Å²) in [7, 11) is 2.00. The van der Waals surface area contributed by atoms with Gasteiger partial charge in [-0.05, 0) is 60.7 Å². The standard InChI is InChI=1S/C11H27N3/c1-10(2,13-5)7-9-14-11(3,4)6-8-12/h13-14H,6-9,12H2,1-5H3. The average Bonchev–Trinajstić information content (AvgIpc) is 2.03. The van der Waals surface area contributed by atoms with Crippen molar-refractivity contribution in [3.05, 3.63) is 0 Å². The summed E-state index contributed by atoms with van der Waals surface area (Å²) in [6.07, 6.45) is 2.14. The zero-order chi connectivity index (χ0) is 11.2. The minimum Gasteiger partial charge on any atom is -0.330 e. The van der Waals surface area contributed by atoms with E-state index in [1.807, 2.05) is 7.05 Å². The molecule has 0 spiro atoms. The van der Waals surface area contributed by atoms with E-state index in [9.17, 15) is 0 Å². The monoisotopic (exact) mass is 201 g/mol. The summed E-state index contributed by atoms with van der Waals surface area (Å²) in [5, 5.41) is 6.83. The topological polar surface area (TPSA) is 50.1 Å². The summed E-state index contributed by atoms with van der Waals surface area (Å²) >= 11 is 0. The molecule has 0 aromatic carbocycles. The van der Waals surface area contributed by atoms with Crippen LogP contribution in [0.4, 0.5) is 0 Å². The molecule has 0 aliphatic rings. The van der Waals surface area contributed by atoms with Crippen LogP contribution in [0.15, 0.2) is 0 Å². The SMILES string of the molecule is CNC(C)(C)CCNC(C)(C)CCN. The largest absolute Gasteiger partial charge is 0.330 e. The fraction of sp³-hybridized carbons (Fsp3) is 1.00. The first kappa shape index (κ1) is 13.9. The molecule has 86 valence electrons. The summed E-state index contributed by atoms with van der Waals surface area (Å²) in [6, 6.07) is 0. The van der Waals surface area contributed by atoms with E-state index in [1.165, 1.54) is 0 Å². The molecule has 0 aliphatic heterocycles. The van der Waals surface area contributed by atoms with Gasteiger partial charge >= 0.3 is 0 Å². The third-order valence-corrected chi connectivity index (χ3v) is 2.80. The molecule has 14 heavy (non-hydrogen) atoms. The molecular weight excluding hydrogens is 174 g/mol. The van der Waals surface area contributed by atoms with Crippen LogP contribution in [0.1, 0.15) is 40.5 Å². The number of nitrogens with two attached hydrogens (primary N) is 1. The first-order valence-corrected chi connectivity index (χ1v) is 5.47. The van der Waals surface area contributed by atoms with E-state index in [4.69, 9.17) is 5.73 Å². The summed E-state index contributed by atoms with van der Waals surface area (Å²) < 4.78 is 0. The van der Waals surface area contributed by atoms with Crippen LogP contribution < -0.4 is 16.4 Å². The molecule has 0 aromatic heterocycles. The third kappa shape index (κ3) is 6.35. The predicted molar refractivity (Wildman–Crippen MR) is 63.5 cm³/mol. The highest BCUT2D eigenvalue weighted by atomic mass is 15.0. The van der Waals surface area contributed by atoms with Gasteiger partial charge in [-0.25, -0.2) is 0 Å². The molecule has 0 rings (SSSR count). The third-order valence-electron chi connectivity index (χ3n) is 2.80. The molecule has 3 heteroatoms. The molecule has 0 fully saturated rings. The lowest BCUT2D eigenvalue weighted by Crippen LogP contribution is -2.45. The lowest BCUT2D eigenvalue weighted by Gasteiger charge is -2.29. The Bertz CT molecular complexity index is 153. The Kier molecular flexibility index (Phi) is 5.64. The summed E-state index contributed by atoms with van der Waals surface area (Å²) in [5.41, 5.74) is 5.93. The number of hydrogen-bond donors (Lipinski definition) is 3. The second kappa shape index (κ2) is 5.69. The average molecular weight is 201 g/mol. The molecule has 0 amide bonds. The normalized spacial score (nSPS) is 13.3. The molecule has 0 bridgehead atoms.